The van der Waals surface area contributed by atoms with Crippen molar-refractivity contribution < 1.29 is 4.79 Å². The largest absolute Gasteiger partial charge is 0.288 e. The SMILES string of the molecule is CCn1ncc(Br)c1C(=O)/C=C/c1ccc(Cc2ccccc2)s1. The molecule has 0 saturated heterocycles. The maximum atomic E-state index is 12.4. The zero-order valence-electron chi connectivity index (χ0n) is 13.3. The number of benzene rings is 1. The zero-order valence-corrected chi connectivity index (χ0v) is 15.7. The maximum absolute atomic E-state index is 12.4. The Labute approximate surface area is 153 Å². The Morgan fingerprint density at radius 2 is 2.04 bits per heavy atom. The summed E-state index contributed by atoms with van der Waals surface area (Å²) >= 11 is 5.10. The van der Waals surface area contributed by atoms with Crippen molar-refractivity contribution >= 4 is 39.1 Å². The lowest BCUT2D eigenvalue weighted by Crippen LogP contribution is -2.07. The van der Waals surface area contributed by atoms with Crippen LogP contribution in [0, 0.1) is 0 Å². The van der Waals surface area contributed by atoms with Crippen molar-refractivity contribution in [1.29, 1.82) is 0 Å². The zero-order chi connectivity index (χ0) is 16.9. The molecule has 2 aromatic heterocycles. The fourth-order valence-corrected chi connectivity index (χ4v) is 3.90. The van der Waals surface area contributed by atoms with Gasteiger partial charge in [-0.15, -0.1) is 11.3 Å². The fourth-order valence-electron chi connectivity index (χ4n) is 2.46. The minimum Gasteiger partial charge on any atom is -0.288 e. The lowest BCUT2D eigenvalue weighted by atomic mass is 10.1. The van der Waals surface area contributed by atoms with E-state index >= 15 is 0 Å². The summed E-state index contributed by atoms with van der Waals surface area (Å²) in [5.41, 5.74) is 1.89. The average Bonchev–Trinajstić information content (AvgIpc) is 3.20. The summed E-state index contributed by atoms with van der Waals surface area (Å²) in [4.78, 5) is 14.8. The number of rotatable bonds is 6. The van der Waals surface area contributed by atoms with Gasteiger partial charge in [0.25, 0.3) is 0 Å². The predicted molar refractivity (Wildman–Crippen MR) is 103 cm³/mol. The number of nitrogens with zero attached hydrogens (tertiary/aromatic N) is 2. The molecule has 2 heterocycles. The lowest BCUT2D eigenvalue weighted by Gasteiger charge is -2.01. The van der Waals surface area contributed by atoms with E-state index in [2.05, 4.69) is 57.4 Å². The van der Waals surface area contributed by atoms with Gasteiger partial charge in [0.15, 0.2) is 0 Å². The van der Waals surface area contributed by atoms with Crippen molar-refractivity contribution in [2.24, 2.45) is 0 Å². The molecule has 0 aliphatic rings. The van der Waals surface area contributed by atoms with Crippen molar-refractivity contribution in [3.63, 3.8) is 0 Å². The predicted octanol–water partition coefficient (Wildman–Crippen LogP) is 5.21. The summed E-state index contributed by atoms with van der Waals surface area (Å²) in [6, 6.07) is 14.6. The van der Waals surface area contributed by atoms with Crippen LogP contribution in [0.1, 0.15) is 32.7 Å². The van der Waals surface area contributed by atoms with Crippen molar-refractivity contribution in [1.82, 2.24) is 9.78 Å². The second-order valence-corrected chi connectivity index (χ2v) is 7.38. The molecule has 0 radical (unpaired) electrons. The highest BCUT2D eigenvalue weighted by Crippen LogP contribution is 2.22. The van der Waals surface area contributed by atoms with Crippen molar-refractivity contribution in [3.8, 4) is 0 Å². The molecule has 0 N–H and O–H groups in total. The minimum atomic E-state index is -0.0424. The van der Waals surface area contributed by atoms with Gasteiger partial charge >= 0.3 is 0 Å². The molecule has 0 amide bonds. The molecule has 0 aliphatic heterocycles. The van der Waals surface area contributed by atoms with Crippen LogP contribution >= 0.6 is 27.3 Å². The third-order valence-electron chi connectivity index (χ3n) is 3.63. The molecule has 1 aromatic carbocycles. The maximum Gasteiger partial charge on any atom is 0.205 e. The molecular formula is C19H17BrN2OS. The van der Waals surface area contributed by atoms with Gasteiger partial charge in [0.1, 0.15) is 5.69 Å². The van der Waals surface area contributed by atoms with Gasteiger partial charge in [0.2, 0.25) is 5.78 Å². The molecule has 3 rings (SSSR count). The number of hydrogen-bond acceptors (Lipinski definition) is 3. The summed E-state index contributed by atoms with van der Waals surface area (Å²) in [5, 5.41) is 4.18. The van der Waals surface area contributed by atoms with Crippen LogP contribution in [0.5, 0.6) is 0 Å². The summed E-state index contributed by atoms with van der Waals surface area (Å²) in [6.07, 6.45) is 6.07. The number of ketones is 1. The Hall–Kier alpha value is -1.98. The normalized spacial score (nSPS) is 11.2. The first-order valence-electron chi connectivity index (χ1n) is 7.73. The van der Waals surface area contributed by atoms with E-state index in [1.54, 1.807) is 28.3 Å². The molecule has 0 atom stereocenters. The highest BCUT2D eigenvalue weighted by atomic mass is 79.9. The Morgan fingerprint density at radius 1 is 1.25 bits per heavy atom. The summed E-state index contributed by atoms with van der Waals surface area (Å²) < 4.78 is 2.43. The minimum absolute atomic E-state index is 0.0424. The van der Waals surface area contributed by atoms with Gasteiger partial charge in [-0.1, -0.05) is 30.3 Å². The number of carbonyl (C=O) groups excluding carboxylic acids is 1. The van der Waals surface area contributed by atoms with Crippen LogP contribution in [0.2, 0.25) is 0 Å². The molecule has 0 aliphatic carbocycles. The number of aryl methyl sites for hydroxylation is 1. The molecule has 3 aromatic rings. The first-order valence-corrected chi connectivity index (χ1v) is 9.34. The summed E-state index contributed by atoms with van der Waals surface area (Å²) in [5.74, 6) is -0.0424. The molecule has 122 valence electrons. The van der Waals surface area contributed by atoms with Gasteiger partial charge < -0.3 is 0 Å². The third kappa shape index (κ3) is 3.91. The first kappa shape index (κ1) is 16.9. The molecule has 0 fully saturated rings. The van der Waals surface area contributed by atoms with E-state index in [1.165, 1.54) is 10.4 Å². The number of hydrogen-bond donors (Lipinski definition) is 0. The van der Waals surface area contributed by atoms with Gasteiger partial charge in [0.05, 0.1) is 10.7 Å². The van der Waals surface area contributed by atoms with Crippen LogP contribution in [0.4, 0.5) is 0 Å². The molecule has 3 nitrogen and oxygen atoms in total. The van der Waals surface area contributed by atoms with Gasteiger partial charge in [-0.3, -0.25) is 9.48 Å². The van der Waals surface area contributed by atoms with Crippen LogP contribution in [-0.2, 0) is 13.0 Å². The number of aromatic nitrogens is 2. The quantitative estimate of drug-likeness (QED) is 0.420. The topological polar surface area (TPSA) is 34.9 Å². The molecule has 0 unspecified atom stereocenters. The van der Waals surface area contributed by atoms with Crippen molar-refractivity contribution in [3.05, 3.63) is 80.2 Å². The van der Waals surface area contributed by atoms with E-state index in [9.17, 15) is 4.79 Å². The molecule has 0 bridgehead atoms. The number of halogens is 1. The monoisotopic (exact) mass is 400 g/mol. The number of thiophene rings is 1. The molecule has 5 heteroatoms. The van der Waals surface area contributed by atoms with Gasteiger partial charge in [-0.05, 0) is 52.7 Å². The van der Waals surface area contributed by atoms with Crippen LogP contribution in [0.15, 0.2) is 59.2 Å². The molecule has 0 saturated carbocycles. The Kier molecular flexibility index (Phi) is 5.43. The third-order valence-corrected chi connectivity index (χ3v) is 5.26. The fraction of sp³-hybridized carbons (Fsp3) is 0.158. The second-order valence-electron chi connectivity index (χ2n) is 5.32. The second kappa shape index (κ2) is 7.73. The lowest BCUT2D eigenvalue weighted by molar-refractivity contribution is 0.103. The van der Waals surface area contributed by atoms with Crippen molar-refractivity contribution in [2.45, 2.75) is 19.9 Å². The van der Waals surface area contributed by atoms with Crippen LogP contribution in [0.3, 0.4) is 0 Å². The summed E-state index contributed by atoms with van der Waals surface area (Å²) in [7, 11) is 0. The molecule has 0 spiro atoms. The molecular weight excluding hydrogens is 384 g/mol. The smallest absolute Gasteiger partial charge is 0.205 e. The van der Waals surface area contributed by atoms with Crippen LogP contribution in [0.25, 0.3) is 6.08 Å². The Bertz CT molecular complexity index is 865. The Balaban J connectivity index is 1.71. The van der Waals surface area contributed by atoms with E-state index in [0.29, 0.717) is 12.2 Å². The van der Waals surface area contributed by atoms with Gasteiger partial charge in [-0.25, -0.2) is 0 Å². The van der Waals surface area contributed by atoms with Gasteiger partial charge in [-0.2, -0.15) is 5.10 Å². The standard InChI is InChI=1S/C19H17BrN2OS/c1-2-22-19(17(20)13-21-22)18(23)11-10-15-8-9-16(24-15)12-14-6-4-3-5-7-14/h3-11,13H,2,12H2,1H3/b11-10+. The number of carbonyl (C=O) groups is 1. The van der Waals surface area contributed by atoms with Gasteiger partial charge in [0, 0.05) is 22.7 Å². The summed E-state index contributed by atoms with van der Waals surface area (Å²) in [6.45, 7) is 2.63. The highest BCUT2D eigenvalue weighted by molar-refractivity contribution is 9.10. The Morgan fingerprint density at radius 3 is 2.79 bits per heavy atom. The van der Waals surface area contributed by atoms with E-state index in [4.69, 9.17) is 0 Å². The molecule has 24 heavy (non-hydrogen) atoms. The van der Waals surface area contributed by atoms with E-state index in [1.807, 2.05) is 19.1 Å². The van der Waals surface area contributed by atoms with Crippen molar-refractivity contribution in [2.75, 3.05) is 0 Å². The number of allylic oxidation sites excluding steroid dienone is 1. The highest BCUT2D eigenvalue weighted by Gasteiger charge is 2.13. The average molecular weight is 401 g/mol. The van der Waals surface area contributed by atoms with E-state index < -0.39 is 0 Å². The van der Waals surface area contributed by atoms with E-state index in [-0.39, 0.29) is 5.78 Å². The van der Waals surface area contributed by atoms with E-state index in [0.717, 1.165) is 15.8 Å². The first-order chi connectivity index (χ1) is 11.7. The van der Waals surface area contributed by atoms with Crippen LogP contribution < -0.4 is 0 Å². The van der Waals surface area contributed by atoms with Crippen LogP contribution in [-0.4, -0.2) is 15.6 Å².